The van der Waals surface area contributed by atoms with Gasteiger partial charge in [-0.3, -0.25) is 4.79 Å². The summed E-state index contributed by atoms with van der Waals surface area (Å²) in [6.45, 7) is 2.02. The predicted molar refractivity (Wildman–Crippen MR) is 83.8 cm³/mol. The Labute approximate surface area is 125 Å². The van der Waals surface area contributed by atoms with E-state index in [1.807, 2.05) is 43.3 Å². The summed E-state index contributed by atoms with van der Waals surface area (Å²) in [5.74, 6) is 1.04. The van der Waals surface area contributed by atoms with Gasteiger partial charge >= 0.3 is 0 Å². The van der Waals surface area contributed by atoms with Crippen molar-refractivity contribution in [2.75, 3.05) is 5.73 Å². The first-order valence-electron chi connectivity index (χ1n) is 7.29. The van der Waals surface area contributed by atoms with Crippen molar-refractivity contribution in [1.82, 2.24) is 5.32 Å². The molecule has 21 heavy (non-hydrogen) atoms. The Morgan fingerprint density at radius 1 is 1.24 bits per heavy atom. The zero-order valence-corrected chi connectivity index (χ0v) is 12.3. The number of amides is 1. The van der Waals surface area contributed by atoms with E-state index in [0.717, 1.165) is 36.3 Å². The number of anilines is 1. The predicted octanol–water partition coefficient (Wildman–Crippen LogP) is 2.93. The van der Waals surface area contributed by atoms with Crippen LogP contribution in [0.3, 0.4) is 0 Å². The number of hydrogen-bond acceptors (Lipinski definition) is 3. The van der Waals surface area contributed by atoms with E-state index in [-0.39, 0.29) is 11.9 Å². The molecule has 0 saturated carbocycles. The molecule has 1 unspecified atom stereocenters. The van der Waals surface area contributed by atoms with Gasteiger partial charge in [0.1, 0.15) is 5.76 Å². The summed E-state index contributed by atoms with van der Waals surface area (Å²) in [6.07, 6.45) is 4.62. The van der Waals surface area contributed by atoms with Crippen molar-refractivity contribution in [2.45, 2.75) is 38.6 Å². The lowest BCUT2D eigenvalue weighted by Gasteiger charge is -2.13. The average molecular weight is 286 g/mol. The van der Waals surface area contributed by atoms with Gasteiger partial charge in [0.2, 0.25) is 5.91 Å². The van der Waals surface area contributed by atoms with Gasteiger partial charge in [-0.1, -0.05) is 12.1 Å². The third kappa shape index (κ3) is 5.34. The smallest absolute Gasteiger partial charge is 0.220 e. The molecule has 0 saturated heterocycles. The van der Waals surface area contributed by atoms with Gasteiger partial charge in [0, 0.05) is 24.6 Å². The van der Waals surface area contributed by atoms with Gasteiger partial charge in [0.15, 0.2) is 0 Å². The molecule has 112 valence electrons. The Bertz CT molecular complexity index is 547. The average Bonchev–Trinajstić information content (AvgIpc) is 2.98. The topological polar surface area (TPSA) is 68.3 Å². The maximum atomic E-state index is 11.9. The number of furan rings is 1. The molecule has 0 spiro atoms. The van der Waals surface area contributed by atoms with Crippen LogP contribution in [-0.2, 0) is 17.6 Å². The van der Waals surface area contributed by atoms with Gasteiger partial charge in [-0.2, -0.15) is 0 Å². The van der Waals surface area contributed by atoms with E-state index in [0.29, 0.717) is 6.42 Å². The highest BCUT2D eigenvalue weighted by atomic mass is 16.3. The van der Waals surface area contributed by atoms with Crippen molar-refractivity contribution in [3.8, 4) is 0 Å². The number of nitrogens with two attached hydrogens (primary N) is 1. The molecule has 1 aromatic carbocycles. The van der Waals surface area contributed by atoms with E-state index in [1.165, 1.54) is 0 Å². The van der Waals surface area contributed by atoms with Gasteiger partial charge in [-0.15, -0.1) is 0 Å². The number of carbonyl (C=O) groups is 1. The van der Waals surface area contributed by atoms with Crippen molar-refractivity contribution in [3.05, 3.63) is 54.0 Å². The zero-order chi connectivity index (χ0) is 15.1. The number of carbonyl (C=O) groups excluding carboxylic acids is 1. The molecule has 1 aromatic heterocycles. The third-order valence-electron chi connectivity index (χ3n) is 3.43. The quantitative estimate of drug-likeness (QED) is 0.769. The molecule has 1 heterocycles. The van der Waals surface area contributed by atoms with Gasteiger partial charge in [-0.25, -0.2) is 0 Å². The largest absolute Gasteiger partial charge is 0.469 e. The van der Waals surface area contributed by atoms with E-state index >= 15 is 0 Å². The second kappa shape index (κ2) is 7.53. The Morgan fingerprint density at radius 3 is 2.67 bits per heavy atom. The second-order valence-electron chi connectivity index (χ2n) is 5.33. The van der Waals surface area contributed by atoms with Crippen LogP contribution in [0.4, 0.5) is 5.69 Å². The number of nitrogen functional groups attached to an aromatic ring is 1. The molecule has 0 aliphatic heterocycles. The van der Waals surface area contributed by atoms with Crippen LogP contribution in [0.2, 0.25) is 0 Å². The number of benzene rings is 1. The lowest BCUT2D eigenvalue weighted by molar-refractivity contribution is -0.121. The van der Waals surface area contributed by atoms with E-state index in [2.05, 4.69) is 5.32 Å². The van der Waals surface area contributed by atoms with Crippen LogP contribution in [0.1, 0.15) is 31.1 Å². The summed E-state index contributed by atoms with van der Waals surface area (Å²) in [5, 5.41) is 3.02. The minimum absolute atomic E-state index is 0.0822. The zero-order valence-electron chi connectivity index (χ0n) is 12.3. The second-order valence-corrected chi connectivity index (χ2v) is 5.33. The molecular weight excluding hydrogens is 264 g/mol. The van der Waals surface area contributed by atoms with Crippen molar-refractivity contribution in [2.24, 2.45) is 0 Å². The first-order valence-corrected chi connectivity index (χ1v) is 7.29. The van der Waals surface area contributed by atoms with Crippen molar-refractivity contribution >= 4 is 11.6 Å². The Hall–Kier alpha value is -2.23. The Balaban J connectivity index is 1.67. The molecule has 2 aromatic rings. The summed E-state index contributed by atoms with van der Waals surface area (Å²) in [4.78, 5) is 11.9. The molecule has 1 amide bonds. The van der Waals surface area contributed by atoms with Crippen LogP contribution in [0.15, 0.2) is 47.1 Å². The number of nitrogens with one attached hydrogen (secondary N) is 1. The molecule has 0 bridgehead atoms. The van der Waals surface area contributed by atoms with Crippen molar-refractivity contribution < 1.29 is 9.21 Å². The monoisotopic (exact) mass is 286 g/mol. The fraction of sp³-hybridized carbons (Fsp3) is 0.353. The molecule has 0 aliphatic carbocycles. The minimum Gasteiger partial charge on any atom is -0.469 e. The van der Waals surface area contributed by atoms with Gasteiger partial charge in [-0.05, 0) is 49.6 Å². The normalized spacial score (nSPS) is 12.0. The summed E-state index contributed by atoms with van der Waals surface area (Å²) in [5.41, 5.74) is 7.51. The summed E-state index contributed by atoms with van der Waals surface area (Å²) >= 11 is 0. The van der Waals surface area contributed by atoms with Gasteiger partial charge < -0.3 is 15.5 Å². The van der Waals surface area contributed by atoms with Crippen LogP contribution >= 0.6 is 0 Å². The highest BCUT2D eigenvalue weighted by molar-refractivity contribution is 5.76. The van der Waals surface area contributed by atoms with E-state index in [4.69, 9.17) is 10.2 Å². The molecule has 3 N–H and O–H groups in total. The standard InChI is InChI=1S/C17H22N2O2/c1-13(4-10-16-3-2-12-21-16)19-17(20)11-7-14-5-8-15(18)9-6-14/h2-3,5-6,8-9,12-13H,4,7,10-11,18H2,1H3,(H,19,20). The van der Waals surface area contributed by atoms with Crippen LogP contribution in [0, 0.1) is 0 Å². The Kier molecular flexibility index (Phi) is 5.43. The fourth-order valence-corrected chi connectivity index (χ4v) is 2.17. The molecule has 4 heteroatoms. The number of aryl methyl sites for hydroxylation is 2. The highest BCUT2D eigenvalue weighted by Crippen LogP contribution is 2.08. The number of rotatable bonds is 7. The lowest BCUT2D eigenvalue weighted by Crippen LogP contribution is -2.33. The van der Waals surface area contributed by atoms with E-state index in [9.17, 15) is 4.79 Å². The van der Waals surface area contributed by atoms with Gasteiger partial charge in [0.25, 0.3) is 0 Å². The minimum atomic E-state index is 0.0822. The molecule has 1 atom stereocenters. The first kappa shape index (κ1) is 15.2. The Morgan fingerprint density at radius 2 is 2.00 bits per heavy atom. The molecule has 0 fully saturated rings. The third-order valence-corrected chi connectivity index (χ3v) is 3.43. The highest BCUT2D eigenvalue weighted by Gasteiger charge is 2.08. The van der Waals surface area contributed by atoms with E-state index < -0.39 is 0 Å². The number of hydrogen-bond donors (Lipinski definition) is 2. The molecular formula is C17H22N2O2. The van der Waals surface area contributed by atoms with E-state index in [1.54, 1.807) is 6.26 Å². The van der Waals surface area contributed by atoms with Crippen LogP contribution in [0.5, 0.6) is 0 Å². The molecule has 0 radical (unpaired) electrons. The van der Waals surface area contributed by atoms with Crippen molar-refractivity contribution in [3.63, 3.8) is 0 Å². The van der Waals surface area contributed by atoms with Crippen molar-refractivity contribution in [1.29, 1.82) is 0 Å². The van der Waals surface area contributed by atoms with Crippen LogP contribution in [0.25, 0.3) is 0 Å². The van der Waals surface area contributed by atoms with Gasteiger partial charge in [0.05, 0.1) is 6.26 Å². The molecule has 4 nitrogen and oxygen atoms in total. The molecule has 2 rings (SSSR count). The van der Waals surface area contributed by atoms with Crippen LogP contribution in [-0.4, -0.2) is 11.9 Å². The molecule has 0 aliphatic rings. The summed E-state index contributed by atoms with van der Waals surface area (Å²) in [7, 11) is 0. The van der Waals surface area contributed by atoms with Crippen LogP contribution < -0.4 is 11.1 Å². The first-order chi connectivity index (χ1) is 10.1. The SMILES string of the molecule is CC(CCc1ccco1)NC(=O)CCc1ccc(N)cc1. The maximum absolute atomic E-state index is 11.9. The summed E-state index contributed by atoms with van der Waals surface area (Å²) in [6, 6.07) is 11.6. The summed E-state index contributed by atoms with van der Waals surface area (Å²) < 4.78 is 5.28. The maximum Gasteiger partial charge on any atom is 0.220 e. The fourth-order valence-electron chi connectivity index (χ4n) is 2.17. The lowest BCUT2D eigenvalue weighted by atomic mass is 10.1.